The molecule has 0 aromatic heterocycles. The van der Waals surface area contributed by atoms with E-state index in [9.17, 15) is 20.2 Å². The van der Waals surface area contributed by atoms with Gasteiger partial charge in [0.15, 0.2) is 5.75 Å². The summed E-state index contributed by atoms with van der Waals surface area (Å²) in [5.74, 6) is -0.350. The second kappa shape index (κ2) is 13.5. The number of nitrogens with zero attached hydrogens (tertiary/aromatic N) is 2. The summed E-state index contributed by atoms with van der Waals surface area (Å²) in [5, 5.41) is 23.3. The Balaban J connectivity index is 2.05. The molecule has 0 saturated carbocycles. The lowest BCUT2D eigenvalue weighted by Gasteiger charge is -2.11. The van der Waals surface area contributed by atoms with E-state index >= 15 is 0 Å². The second-order valence-corrected chi connectivity index (χ2v) is 8.18. The van der Waals surface area contributed by atoms with Crippen LogP contribution in [0.3, 0.4) is 0 Å². The molecule has 7 nitrogen and oxygen atoms in total. The Kier molecular flexibility index (Phi) is 10.7. The average Bonchev–Trinajstić information content (AvgIpc) is 2.78. The largest absolute Gasteiger partial charge is 0.490 e. The van der Waals surface area contributed by atoms with Gasteiger partial charge in [0.2, 0.25) is 0 Å². The van der Waals surface area contributed by atoms with Crippen LogP contribution in [0, 0.1) is 21.4 Å². The highest BCUT2D eigenvalue weighted by atomic mass is 35.5. The van der Waals surface area contributed by atoms with Crippen molar-refractivity contribution >= 4 is 46.6 Å². The van der Waals surface area contributed by atoms with Gasteiger partial charge in [-0.15, -0.1) is 0 Å². The molecule has 0 aliphatic rings. The Morgan fingerprint density at radius 1 is 1.15 bits per heavy atom. The molecule has 0 unspecified atom stereocenters. The summed E-state index contributed by atoms with van der Waals surface area (Å²) in [6.45, 7) is 2.67. The van der Waals surface area contributed by atoms with E-state index in [0.29, 0.717) is 17.9 Å². The number of non-ortho nitro benzene ring substituents is 1. The fourth-order valence-corrected chi connectivity index (χ4v) is 3.68. The van der Waals surface area contributed by atoms with Gasteiger partial charge in [-0.25, -0.2) is 0 Å². The molecule has 9 heteroatoms. The first-order valence-electron chi connectivity index (χ1n) is 10.6. The molecule has 0 atom stereocenters. The molecule has 2 rings (SSSR count). The Morgan fingerprint density at radius 2 is 1.82 bits per heavy atom. The molecule has 1 amide bonds. The van der Waals surface area contributed by atoms with E-state index in [-0.39, 0.29) is 27.0 Å². The monoisotopic (exact) mass is 489 g/mol. The zero-order valence-electron chi connectivity index (χ0n) is 18.3. The van der Waals surface area contributed by atoms with Crippen molar-refractivity contribution in [2.24, 2.45) is 0 Å². The predicted octanol–water partition coefficient (Wildman–Crippen LogP) is 7.19. The molecule has 0 aliphatic carbocycles. The van der Waals surface area contributed by atoms with Crippen molar-refractivity contribution in [3.8, 4) is 11.8 Å². The molecule has 33 heavy (non-hydrogen) atoms. The van der Waals surface area contributed by atoms with Crippen LogP contribution in [0.15, 0.2) is 42.0 Å². The third-order valence-electron chi connectivity index (χ3n) is 4.76. The van der Waals surface area contributed by atoms with Gasteiger partial charge >= 0.3 is 0 Å². The normalized spacial score (nSPS) is 11.0. The third-order valence-corrected chi connectivity index (χ3v) is 5.32. The maximum atomic E-state index is 12.5. The van der Waals surface area contributed by atoms with E-state index in [0.717, 1.165) is 19.3 Å². The highest BCUT2D eigenvalue weighted by Gasteiger charge is 2.14. The summed E-state index contributed by atoms with van der Waals surface area (Å²) < 4.78 is 5.73. The van der Waals surface area contributed by atoms with Gasteiger partial charge in [0.25, 0.3) is 11.6 Å². The Morgan fingerprint density at radius 3 is 2.45 bits per heavy atom. The van der Waals surface area contributed by atoms with Crippen molar-refractivity contribution in [1.82, 2.24) is 0 Å². The van der Waals surface area contributed by atoms with Crippen LogP contribution in [0.4, 0.5) is 11.4 Å². The summed E-state index contributed by atoms with van der Waals surface area (Å²) in [6, 6.07) is 10.4. The van der Waals surface area contributed by atoms with Gasteiger partial charge < -0.3 is 10.1 Å². The van der Waals surface area contributed by atoms with Crippen LogP contribution in [0.5, 0.6) is 5.75 Å². The predicted molar refractivity (Wildman–Crippen MR) is 131 cm³/mol. The van der Waals surface area contributed by atoms with Gasteiger partial charge in [-0.1, -0.05) is 68.3 Å². The Labute approximate surface area is 203 Å². The first kappa shape index (κ1) is 26.2. The average molecular weight is 490 g/mol. The Hall–Kier alpha value is -3.08. The van der Waals surface area contributed by atoms with Crippen molar-refractivity contribution in [1.29, 1.82) is 5.26 Å². The van der Waals surface area contributed by atoms with E-state index < -0.39 is 10.8 Å². The van der Waals surface area contributed by atoms with Crippen molar-refractivity contribution in [2.75, 3.05) is 11.9 Å². The lowest BCUT2D eigenvalue weighted by Crippen LogP contribution is -2.13. The fourth-order valence-electron chi connectivity index (χ4n) is 3.07. The van der Waals surface area contributed by atoms with E-state index in [1.54, 1.807) is 12.1 Å². The first-order chi connectivity index (χ1) is 15.8. The molecule has 0 heterocycles. The second-order valence-electron chi connectivity index (χ2n) is 7.36. The first-order valence-corrected chi connectivity index (χ1v) is 11.4. The lowest BCUT2D eigenvalue weighted by atomic mass is 10.1. The summed E-state index contributed by atoms with van der Waals surface area (Å²) in [7, 11) is 0. The third kappa shape index (κ3) is 8.41. The zero-order valence-corrected chi connectivity index (χ0v) is 19.8. The van der Waals surface area contributed by atoms with E-state index in [1.807, 2.05) is 6.07 Å². The summed E-state index contributed by atoms with van der Waals surface area (Å²) in [6.07, 6.45) is 8.12. The number of nitriles is 1. The van der Waals surface area contributed by atoms with E-state index in [2.05, 4.69) is 12.2 Å². The van der Waals surface area contributed by atoms with Gasteiger partial charge in [-0.2, -0.15) is 5.26 Å². The fraction of sp³-hybridized carbons (Fsp3) is 0.333. The van der Waals surface area contributed by atoms with Gasteiger partial charge in [0, 0.05) is 17.8 Å². The number of carbonyl (C=O) groups is 1. The van der Waals surface area contributed by atoms with Gasteiger partial charge in [0.05, 0.1) is 21.6 Å². The quantitative estimate of drug-likeness (QED) is 0.111. The number of anilines is 1. The van der Waals surface area contributed by atoms with Crippen LogP contribution in [-0.4, -0.2) is 17.4 Å². The number of hydrogen-bond acceptors (Lipinski definition) is 5. The number of benzene rings is 2. The van der Waals surface area contributed by atoms with Crippen molar-refractivity contribution in [3.63, 3.8) is 0 Å². The summed E-state index contributed by atoms with van der Waals surface area (Å²) in [5.41, 5.74) is 0.257. The minimum Gasteiger partial charge on any atom is -0.490 e. The number of amides is 1. The number of halogens is 2. The smallest absolute Gasteiger partial charge is 0.271 e. The van der Waals surface area contributed by atoms with E-state index in [1.165, 1.54) is 49.6 Å². The standard InChI is InChI=1S/C24H25Cl2N3O4/c1-2-3-4-5-6-7-11-33-23-21(25)13-17(14-22(23)26)12-18(16-27)24(30)28-19-9-8-10-20(15-19)29(31)32/h8-10,12-15H,2-7,11H2,1H3,(H,28,30)/b18-12-. The molecule has 0 radical (unpaired) electrons. The highest BCUT2D eigenvalue weighted by Crippen LogP contribution is 2.35. The molecule has 2 aromatic rings. The van der Waals surface area contributed by atoms with Gasteiger partial charge in [0.1, 0.15) is 11.6 Å². The number of nitro benzene ring substituents is 1. The SMILES string of the molecule is CCCCCCCCOc1c(Cl)cc(/C=C(/C#N)C(=O)Nc2cccc([N+](=O)[O-])c2)cc1Cl. The number of rotatable bonds is 12. The van der Waals surface area contributed by atoms with Crippen LogP contribution in [0.25, 0.3) is 6.08 Å². The van der Waals surface area contributed by atoms with Gasteiger partial charge in [-0.3, -0.25) is 14.9 Å². The molecule has 0 aliphatic heterocycles. The van der Waals surface area contributed by atoms with Crippen LogP contribution in [0.2, 0.25) is 10.0 Å². The Bertz CT molecular complexity index is 1040. The maximum Gasteiger partial charge on any atom is 0.271 e. The molecular formula is C24H25Cl2N3O4. The zero-order chi connectivity index (χ0) is 24.2. The number of hydrogen-bond donors (Lipinski definition) is 1. The molecule has 174 valence electrons. The minimum atomic E-state index is -0.714. The van der Waals surface area contributed by atoms with Crippen LogP contribution < -0.4 is 10.1 Å². The number of carbonyl (C=O) groups excluding carboxylic acids is 1. The van der Waals surface area contributed by atoms with Crippen molar-refractivity contribution in [3.05, 3.63) is 67.7 Å². The van der Waals surface area contributed by atoms with Crippen LogP contribution in [-0.2, 0) is 4.79 Å². The molecule has 0 saturated heterocycles. The van der Waals surface area contributed by atoms with Crippen LogP contribution in [0.1, 0.15) is 51.0 Å². The number of unbranched alkanes of at least 4 members (excludes halogenated alkanes) is 5. The molecule has 0 spiro atoms. The molecule has 1 N–H and O–H groups in total. The number of nitro groups is 1. The number of nitrogens with one attached hydrogen (secondary N) is 1. The van der Waals surface area contributed by atoms with Crippen molar-refractivity contribution < 1.29 is 14.5 Å². The number of ether oxygens (including phenoxy) is 1. The maximum absolute atomic E-state index is 12.5. The molecule has 0 bridgehead atoms. The van der Waals surface area contributed by atoms with E-state index in [4.69, 9.17) is 27.9 Å². The molecular weight excluding hydrogens is 465 g/mol. The summed E-state index contributed by atoms with van der Waals surface area (Å²) in [4.78, 5) is 22.8. The van der Waals surface area contributed by atoms with Crippen molar-refractivity contribution in [2.45, 2.75) is 45.4 Å². The highest BCUT2D eigenvalue weighted by molar-refractivity contribution is 6.37. The minimum absolute atomic E-state index is 0.176. The molecule has 2 aromatic carbocycles. The van der Waals surface area contributed by atoms with Crippen LogP contribution >= 0.6 is 23.2 Å². The van der Waals surface area contributed by atoms with Gasteiger partial charge in [-0.05, 0) is 36.3 Å². The molecule has 0 fully saturated rings. The summed E-state index contributed by atoms with van der Waals surface area (Å²) >= 11 is 12.6. The topological polar surface area (TPSA) is 105 Å². The lowest BCUT2D eigenvalue weighted by molar-refractivity contribution is -0.384.